The number of nitrogens with zero attached hydrogens (tertiary/aromatic N) is 1. The first kappa shape index (κ1) is 12.6. The Morgan fingerprint density at radius 3 is 2.43 bits per heavy atom. The van der Waals surface area contributed by atoms with E-state index in [1.54, 1.807) is 4.90 Å². The smallest absolute Gasteiger partial charge is 0.236 e. The molecule has 4 rings (SSSR count). The summed E-state index contributed by atoms with van der Waals surface area (Å²) in [5, 5.41) is 9.50. The minimum absolute atomic E-state index is 0.0224. The van der Waals surface area contributed by atoms with Gasteiger partial charge < -0.3 is 5.11 Å². The highest BCUT2D eigenvalue weighted by Gasteiger charge is 2.43. The van der Waals surface area contributed by atoms with Crippen LogP contribution in [-0.4, -0.2) is 17.6 Å². The van der Waals surface area contributed by atoms with Gasteiger partial charge in [-0.2, -0.15) is 0 Å². The van der Waals surface area contributed by atoms with Crippen molar-refractivity contribution in [3.05, 3.63) is 59.7 Å². The van der Waals surface area contributed by atoms with Gasteiger partial charge in [-0.1, -0.05) is 30.3 Å². The van der Waals surface area contributed by atoms with E-state index in [-0.39, 0.29) is 17.9 Å². The summed E-state index contributed by atoms with van der Waals surface area (Å²) in [6, 6.07) is 16.0. The number of anilines is 2. The van der Waals surface area contributed by atoms with Gasteiger partial charge in [-0.25, -0.2) is 0 Å². The number of amides is 1. The third kappa shape index (κ3) is 1.88. The molecule has 1 amide bonds. The molecule has 3 nitrogen and oxygen atoms in total. The number of para-hydroxylation sites is 1. The number of hydrogen-bond donors (Lipinski definition) is 1. The fraction of sp³-hybridized carbons (Fsp3) is 0.278. The van der Waals surface area contributed by atoms with E-state index in [9.17, 15) is 9.90 Å². The maximum Gasteiger partial charge on any atom is 0.236 e. The molecule has 1 aliphatic carbocycles. The van der Waals surface area contributed by atoms with Gasteiger partial charge in [-0.05, 0) is 42.2 Å². The highest BCUT2D eigenvalue weighted by atomic mass is 16.3. The zero-order chi connectivity index (χ0) is 14.4. The maximum atomic E-state index is 12.3. The van der Waals surface area contributed by atoms with E-state index in [1.807, 2.05) is 48.5 Å². The lowest BCUT2D eigenvalue weighted by atomic mass is 9.97. The fourth-order valence-corrected chi connectivity index (χ4v) is 3.19. The Balaban J connectivity index is 1.70. The molecule has 0 atom stereocenters. The number of hydrogen-bond acceptors (Lipinski definition) is 2. The molecule has 1 fully saturated rings. The predicted molar refractivity (Wildman–Crippen MR) is 81.7 cm³/mol. The average molecular weight is 279 g/mol. The number of carbonyl (C=O) groups is 1. The van der Waals surface area contributed by atoms with E-state index >= 15 is 0 Å². The molecule has 0 aromatic heterocycles. The minimum Gasteiger partial charge on any atom is -0.395 e. The van der Waals surface area contributed by atoms with Gasteiger partial charge in [0.25, 0.3) is 0 Å². The molecule has 106 valence electrons. The SMILES string of the molecule is O=C1Cc2ccccc2N1c1ccc(C2(CO)CC2)cc1. The average Bonchev–Trinajstić information content (AvgIpc) is 3.24. The summed E-state index contributed by atoms with van der Waals surface area (Å²) in [6.07, 6.45) is 2.57. The third-order valence-electron chi connectivity index (χ3n) is 4.72. The lowest BCUT2D eigenvalue weighted by molar-refractivity contribution is -0.116. The monoisotopic (exact) mass is 279 g/mol. The largest absolute Gasteiger partial charge is 0.395 e. The van der Waals surface area contributed by atoms with Crippen LogP contribution in [0.5, 0.6) is 0 Å². The fourth-order valence-electron chi connectivity index (χ4n) is 3.19. The quantitative estimate of drug-likeness (QED) is 0.938. The molecule has 1 N–H and O–H groups in total. The highest BCUT2D eigenvalue weighted by Crippen LogP contribution is 2.48. The Labute approximate surface area is 123 Å². The van der Waals surface area contributed by atoms with Crippen LogP contribution in [0.2, 0.25) is 0 Å². The van der Waals surface area contributed by atoms with Crippen molar-refractivity contribution < 1.29 is 9.90 Å². The maximum absolute atomic E-state index is 12.3. The van der Waals surface area contributed by atoms with Crippen LogP contribution in [0.3, 0.4) is 0 Å². The van der Waals surface area contributed by atoms with Gasteiger partial charge in [0.05, 0.1) is 18.7 Å². The van der Waals surface area contributed by atoms with Gasteiger partial charge in [-0.15, -0.1) is 0 Å². The molecule has 1 aliphatic heterocycles. The molecule has 2 aromatic rings. The van der Waals surface area contributed by atoms with Crippen LogP contribution in [-0.2, 0) is 16.6 Å². The van der Waals surface area contributed by atoms with E-state index in [0.29, 0.717) is 6.42 Å². The molecule has 0 bridgehead atoms. The molecular formula is C18H17NO2. The van der Waals surface area contributed by atoms with Crippen molar-refractivity contribution in [3.63, 3.8) is 0 Å². The first-order valence-electron chi connectivity index (χ1n) is 7.36. The van der Waals surface area contributed by atoms with Crippen molar-refractivity contribution in [1.29, 1.82) is 0 Å². The van der Waals surface area contributed by atoms with Gasteiger partial charge in [-0.3, -0.25) is 9.69 Å². The molecular weight excluding hydrogens is 262 g/mol. The van der Waals surface area contributed by atoms with Crippen molar-refractivity contribution in [2.24, 2.45) is 0 Å². The molecule has 2 aromatic carbocycles. The van der Waals surface area contributed by atoms with E-state index in [2.05, 4.69) is 0 Å². The predicted octanol–water partition coefficient (Wildman–Crippen LogP) is 2.93. The molecule has 1 heterocycles. The standard InChI is InChI=1S/C18H17NO2/c20-12-18(9-10-18)14-5-7-15(8-6-14)19-16-4-2-1-3-13(16)11-17(19)21/h1-8,20H,9-12H2. The summed E-state index contributed by atoms with van der Waals surface area (Å²) in [4.78, 5) is 14.1. The van der Waals surface area contributed by atoms with Crippen LogP contribution in [0.25, 0.3) is 0 Å². The second-order valence-electron chi connectivity index (χ2n) is 6.02. The van der Waals surface area contributed by atoms with Crippen LogP contribution in [0, 0.1) is 0 Å². The van der Waals surface area contributed by atoms with E-state index < -0.39 is 0 Å². The summed E-state index contributed by atoms with van der Waals surface area (Å²) in [7, 11) is 0. The van der Waals surface area contributed by atoms with Crippen LogP contribution in [0.15, 0.2) is 48.5 Å². The normalized spacial score (nSPS) is 18.7. The number of benzene rings is 2. The molecule has 2 aliphatic rings. The number of aliphatic hydroxyl groups is 1. The van der Waals surface area contributed by atoms with Crippen molar-refractivity contribution in [2.75, 3.05) is 11.5 Å². The van der Waals surface area contributed by atoms with E-state index in [0.717, 1.165) is 29.8 Å². The Hall–Kier alpha value is -2.13. The van der Waals surface area contributed by atoms with E-state index in [4.69, 9.17) is 0 Å². The third-order valence-corrected chi connectivity index (χ3v) is 4.72. The van der Waals surface area contributed by atoms with Gasteiger partial charge in [0, 0.05) is 11.1 Å². The number of carbonyl (C=O) groups excluding carboxylic acids is 1. The summed E-state index contributed by atoms with van der Waals surface area (Å²) in [6.45, 7) is 0.206. The van der Waals surface area contributed by atoms with Crippen LogP contribution in [0.1, 0.15) is 24.0 Å². The molecule has 0 spiro atoms. The number of rotatable bonds is 3. The van der Waals surface area contributed by atoms with E-state index in [1.165, 1.54) is 5.56 Å². The molecule has 3 heteroatoms. The zero-order valence-electron chi connectivity index (χ0n) is 11.7. The Kier molecular flexibility index (Phi) is 2.66. The topological polar surface area (TPSA) is 40.5 Å². The van der Waals surface area contributed by atoms with Crippen molar-refractivity contribution in [2.45, 2.75) is 24.7 Å². The summed E-state index contributed by atoms with van der Waals surface area (Å²) >= 11 is 0. The second kappa shape index (κ2) is 4.43. The van der Waals surface area contributed by atoms with Gasteiger partial charge >= 0.3 is 0 Å². The van der Waals surface area contributed by atoms with Crippen LogP contribution < -0.4 is 4.90 Å². The van der Waals surface area contributed by atoms with Crippen LogP contribution >= 0.6 is 0 Å². The molecule has 0 saturated heterocycles. The lowest BCUT2D eigenvalue weighted by Crippen LogP contribution is -2.21. The zero-order valence-corrected chi connectivity index (χ0v) is 11.7. The second-order valence-corrected chi connectivity index (χ2v) is 6.02. The van der Waals surface area contributed by atoms with Crippen LogP contribution in [0.4, 0.5) is 11.4 Å². The lowest BCUT2D eigenvalue weighted by Gasteiger charge is -2.19. The van der Waals surface area contributed by atoms with Crippen molar-refractivity contribution in [3.8, 4) is 0 Å². The molecule has 0 unspecified atom stereocenters. The Morgan fingerprint density at radius 2 is 1.76 bits per heavy atom. The molecule has 21 heavy (non-hydrogen) atoms. The summed E-state index contributed by atoms with van der Waals surface area (Å²) in [5.41, 5.74) is 4.13. The van der Waals surface area contributed by atoms with Gasteiger partial charge in [0.15, 0.2) is 0 Å². The highest BCUT2D eigenvalue weighted by molar-refractivity contribution is 6.07. The van der Waals surface area contributed by atoms with Gasteiger partial charge in [0.2, 0.25) is 5.91 Å². The summed E-state index contributed by atoms with van der Waals surface area (Å²) in [5.74, 6) is 0.118. The van der Waals surface area contributed by atoms with Crippen molar-refractivity contribution >= 4 is 17.3 Å². The summed E-state index contributed by atoms with van der Waals surface area (Å²) < 4.78 is 0. The number of fused-ring (bicyclic) bond motifs is 1. The first-order valence-corrected chi connectivity index (χ1v) is 7.36. The molecule has 0 radical (unpaired) electrons. The van der Waals surface area contributed by atoms with Gasteiger partial charge in [0.1, 0.15) is 0 Å². The minimum atomic E-state index is -0.0224. The Bertz CT molecular complexity index is 701. The molecule has 1 saturated carbocycles. The Morgan fingerprint density at radius 1 is 1.05 bits per heavy atom. The first-order chi connectivity index (χ1) is 10.2. The number of aliphatic hydroxyl groups excluding tert-OH is 1. The van der Waals surface area contributed by atoms with Crippen molar-refractivity contribution in [1.82, 2.24) is 0 Å².